The second kappa shape index (κ2) is 5.07. The topological polar surface area (TPSA) is 44.9 Å². The van der Waals surface area contributed by atoms with Crippen LogP contribution in [-0.4, -0.2) is 35.3 Å². The molecule has 0 saturated carbocycles. The summed E-state index contributed by atoms with van der Waals surface area (Å²) in [5.74, 6) is 0. The van der Waals surface area contributed by atoms with Crippen LogP contribution in [0.5, 0.6) is 0 Å². The molecule has 0 aliphatic carbocycles. The Morgan fingerprint density at radius 1 is 1.41 bits per heavy atom. The molecule has 0 bridgehead atoms. The quantitative estimate of drug-likeness (QED) is 0.831. The van der Waals surface area contributed by atoms with Crippen molar-refractivity contribution in [1.82, 2.24) is 14.7 Å². The van der Waals surface area contributed by atoms with E-state index in [-0.39, 0.29) is 5.41 Å². The second-order valence-electron chi connectivity index (χ2n) is 5.40. The van der Waals surface area contributed by atoms with Gasteiger partial charge in [-0.1, -0.05) is 32.4 Å². The van der Waals surface area contributed by atoms with Crippen molar-refractivity contribution in [2.24, 2.45) is 0 Å². The molecule has 0 aliphatic heterocycles. The molecule has 94 valence electrons. The van der Waals surface area contributed by atoms with E-state index in [1.807, 2.05) is 34.9 Å². The first-order chi connectivity index (χ1) is 7.77. The molecule has 1 rings (SSSR count). The van der Waals surface area contributed by atoms with Crippen molar-refractivity contribution in [2.75, 3.05) is 20.6 Å². The van der Waals surface area contributed by atoms with Gasteiger partial charge in [0, 0.05) is 12.0 Å². The van der Waals surface area contributed by atoms with Crippen LogP contribution in [0.4, 0.5) is 0 Å². The molecule has 0 N–H and O–H groups in total. The van der Waals surface area contributed by atoms with Crippen LogP contribution in [0, 0.1) is 11.3 Å². The van der Waals surface area contributed by atoms with Crippen molar-refractivity contribution in [3.8, 4) is 6.07 Å². The van der Waals surface area contributed by atoms with E-state index in [0.717, 1.165) is 12.2 Å². The van der Waals surface area contributed by atoms with E-state index < -0.39 is 0 Å². The fraction of sp³-hybridized carbons (Fsp3) is 0.667. The minimum absolute atomic E-state index is 0.169. The van der Waals surface area contributed by atoms with Gasteiger partial charge in [0.15, 0.2) is 0 Å². The SMILES string of the molecule is CN(C)CCn1nc(C(C)(C)C)c(C#N)c1Cl. The van der Waals surface area contributed by atoms with Gasteiger partial charge in [-0.15, -0.1) is 0 Å². The minimum Gasteiger partial charge on any atom is -0.308 e. The van der Waals surface area contributed by atoms with Gasteiger partial charge in [0.25, 0.3) is 0 Å². The molecule has 17 heavy (non-hydrogen) atoms. The standard InChI is InChI=1S/C12H19ClN4/c1-12(2,3)10-9(8-14)11(13)17(15-10)7-6-16(4)5/h6-7H2,1-5H3. The number of halogens is 1. The Bertz CT molecular complexity index is 435. The number of hydrogen-bond donors (Lipinski definition) is 0. The van der Waals surface area contributed by atoms with Gasteiger partial charge < -0.3 is 4.90 Å². The summed E-state index contributed by atoms with van der Waals surface area (Å²) in [5.41, 5.74) is 1.10. The van der Waals surface area contributed by atoms with Gasteiger partial charge in [-0.3, -0.25) is 4.68 Å². The van der Waals surface area contributed by atoms with Crippen LogP contribution in [0.15, 0.2) is 0 Å². The molecule has 0 aliphatic rings. The van der Waals surface area contributed by atoms with Crippen LogP contribution in [0.25, 0.3) is 0 Å². The Hall–Kier alpha value is -1.05. The van der Waals surface area contributed by atoms with Gasteiger partial charge in [0.1, 0.15) is 16.8 Å². The summed E-state index contributed by atoms with van der Waals surface area (Å²) in [6.07, 6.45) is 0. The third kappa shape index (κ3) is 3.21. The zero-order valence-electron chi connectivity index (χ0n) is 11.1. The molecule has 1 aromatic rings. The lowest BCUT2D eigenvalue weighted by molar-refractivity contribution is 0.371. The van der Waals surface area contributed by atoms with Crippen molar-refractivity contribution >= 4 is 11.6 Å². The average Bonchev–Trinajstić information content (AvgIpc) is 2.51. The molecule has 0 radical (unpaired) electrons. The summed E-state index contributed by atoms with van der Waals surface area (Å²) in [7, 11) is 3.99. The van der Waals surface area contributed by atoms with Crippen molar-refractivity contribution in [3.63, 3.8) is 0 Å². The molecule has 1 heterocycles. The van der Waals surface area contributed by atoms with Crippen molar-refractivity contribution < 1.29 is 0 Å². The molecule has 4 nitrogen and oxygen atoms in total. The van der Waals surface area contributed by atoms with Gasteiger partial charge in [-0.05, 0) is 14.1 Å². The molecule has 0 amide bonds. The molecule has 1 aromatic heterocycles. The first-order valence-electron chi connectivity index (χ1n) is 5.59. The highest BCUT2D eigenvalue weighted by Gasteiger charge is 2.25. The summed E-state index contributed by atoms with van der Waals surface area (Å²) >= 11 is 6.18. The van der Waals surface area contributed by atoms with E-state index in [4.69, 9.17) is 16.9 Å². The molecule has 5 heteroatoms. The van der Waals surface area contributed by atoms with E-state index in [2.05, 4.69) is 16.1 Å². The number of aromatic nitrogens is 2. The molecule has 0 aromatic carbocycles. The monoisotopic (exact) mass is 254 g/mol. The van der Waals surface area contributed by atoms with Gasteiger partial charge in [-0.25, -0.2) is 0 Å². The van der Waals surface area contributed by atoms with Crippen LogP contribution in [0.2, 0.25) is 5.15 Å². The van der Waals surface area contributed by atoms with E-state index >= 15 is 0 Å². The van der Waals surface area contributed by atoms with Gasteiger partial charge in [0.05, 0.1) is 12.2 Å². The summed E-state index contributed by atoms with van der Waals surface area (Å²) in [4.78, 5) is 2.06. The number of likely N-dealkylation sites (N-methyl/N-ethyl adjacent to an activating group) is 1. The summed E-state index contributed by atoms with van der Waals surface area (Å²) in [6, 6.07) is 2.15. The van der Waals surface area contributed by atoms with Gasteiger partial charge in [-0.2, -0.15) is 10.4 Å². The lowest BCUT2D eigenvalue weighted by atomic mass is 9.90. The predicted molar refractivity (Wildman–Crippen MR) is 69.2 cm³/mol. The van der Waals surface area contributed by atoms with Crippen LogP contribution in [0.1, 0.15) is 32.0 Å². The van der Waals surface area contributed by atoms with Crippen LogP contribution in [-0.2, 0) is 12.0 Å². The molecular formula is C12H19ClN4. The fourth-order valence-electron chi connectivity index (χ4n) is 1.51. The summed E-state index contributed by atoms with van der Waals surface area (Å²) in [5, 5.41) is 14.1. The third-order valence-electron chi connectivity index (χ3n) is 2.47. The minimum atomic E-state index is -0.169. The van der Waals surface area contributed by atoms with E-state index in [1.54, 1.807) is 4.68 Å². The van der Waals surface area contributed by atoms with Gasteiger partial charge >= 0.3 is 0 Å². The largest absolute Gasteiger partial charge is 0.308 e. The van der Waals surface area contributed by atoms with Crippen LogP contribution >= 0.6 is 11.6 Å². The normalized spacial score (nSPS) is 11.9. The highest BCUT2D eigenvalue weighted by molar-refractivity contribution is 6.30. The first-order valence-corrected chi connectivity index (χ1v) is 5.96. The van der Waals surface area contributed by atoms with Crippen molar-refractivity contribution in [3.05, 3.63) is 16.4 Å². The average molecular weight is 255 g/mol. The van der Waals surface area contributed by atoms with Crippen molar-refractivity contribution in [1.29, 1.82) is 5.26 Å². The molecule has 0 atom stereocenters. The molecule has 0 fully saturated rings. The molecular weight excluding hydrogens is 236 g/mol. The van der Waals surface area contributed by atoms with E-state index in [1.165, 1.54) is 0 Å². The fourth-order valence-corrected chi connectivity index (χ4v) is 1.76. The van der Waals surface area contributed by atoms with E-state index in [9.17, 15) is 0 Å². The zero-order valence-corrected chi connectivity index (χ0v) is 11.8. The highest BCUT2D eigenvalue weighted by atomic mass is 35.5. The number of rotatable bonds is 3. The number of hydrogen-bond acceptors (Lipinski definition) is 3. The maximum Gasteiger partial charge on any atom is 0.145 e. The second-order valence-corrected chi connectivity index (χ2v) is 5.76. The molecule has 0 unspecified atom stereocenters. The lowest BCUT2D eigenvalue weighted by Gasteiger charge is -2.15. The smallest absolute Gasteiger partial charge is 0.145 e. The molecule has 0 saturated heterocycles. The number of nitrogens with zero attached hydrogens (tertiary/aromatic N) is 4. The Morgan fingerprint density at radius 2 is 2.00 bits per heavy atom. The maximum absolute atomic E-state index is 9.16. The Balaban J connectivity index is 3.11. The Morgan fingerprint density at radius 3 is 2.35 bits per heavy atom. The zero-order chi connectivity index (χ0) is 13.2. The van der Waals surface area contributed by atoms with Crippen LogP contribution < -0.4 is 0 Å². The van der Waals surface area contributed by atoms with Gasteiger partial charge in [0.2, 0.25) is 0 Å². The van der Waals surface area contributed by atoms with Crippen molar-refractivity contribution in [2.45, 2.75) is 32.7 Å². The first kappa shape index (κ1) is 14.0. The molecule has 0 spiro atoms. The summed E-state index contributed by atoms with van der Waals surface area (Å²) in [6.45, 7) is 7.63. The third-order valence-corrected chi connectivity index (χ3v) is 2.86. The lowest BCUT2D eigenvalue weighted by Crippen LogP contribution is -2.20. The maximum atomic E-state index is 9.16. The Labute approximate surface area is 108 Å². The highest BCUT2D eigenvalue weighted by Crippen LogP contribution is 2.29. The Kier molecular flexibility index (Phi) is 4.18. The summed E-state index contributed by atoms with van der Waals surface area (Å²) < 4.78 is 1.71. The predicted octanol–water partition coefficient (Wildman–Crippen LogP) is 2.27. The number of nitriles is 1. The van der Waals surface area contributed by atoms with Crippen LogP contribution in [0.3, 0.4) is 0 Å². The van der Waals surface area contributed by atoms with E-state index in [0.29, 0.717) is 17.3 Å².